The summed E-state index contributed by atoms with van der Waals surface area (Å²) >= 11 is 0. The summed E-state index contributed by atoms with van der Waals surface area (Å²) in [5.41, 5.74) is 1.88. The third kappa shape index (κ3) is 3.52. The summed E-state index contributed by atoms with van der Waals surface area (Å²) in [6.07, 6.45) is 1.41. The van der Waals surface area contributed by atoms with Crippen LogP contribution in [0, 0.1) is 0 Å². The third-order valence-electron chi connectivity index (χ3n) is 5.54. The van der Waals surface area contributed by atoms with E-state index in [-0.39, 0.29) is 16.8 Å². The van der Waals surface area contributed by atoms with Crippen molar-refractivity contribution in [1.82, 2.24) is 4.31 Å². The highest BCUT2D eigenvalue weighted by atomic mass is 32.2. The van der Waals surface area contributed by atoms with Gasteiger partial charge in [-0.2, -0.15) is 4.31 Å². The van der Waals surface area contributed by atoms with Gasteiger partial charge < -0.3 is 9.80 Å². The lowest BCUT2D eigenvalue weighted by molar-refractivity contribution is -0.117. The van der Waals surface area contributed by atoms with E-state index < -0.39 is 10.0 Å². The minimum Gasteiger partial charge on any atom is -0.366 e. The number of piperazine rings is 1. The number of anilines is 2. The Kier molecular flexibility index (Phi) is 5.12. The quantitative estimate of drug-likeness (QED) is 0.793. The average molecular weight is 400 g/mol. The number of hydrogen-bond donors (Lipinski definition) is 0. The molecule has 6 nitrogen and oxygen atoms in total. The average Bonchev–Trinajstić information content (AvgIpc) is 3.14. The zero-order valence-electron chi connectivity index (χ0n) is 16.0. The van der Waals surface area contributed by atoms with Crippen molar-refractivity contribution in [1.29, 1.82) is 0 Å². The number of hydrogen-bond acceptors (Lipinski definition) is 4. The van der Waals surface area contributed by atoms with Crippen molar-refractivity contribution in [2.75, 3.05) is 36.0 Å². The molecule has 0 radical (unpaired) electrons. The molecule has 0 spiro atoms. The Hall–Kier alpha value is -2.38. The zero-order valence-corrected chi connectivity index (χ0v) is 16.8. The summed E-state index contributed by atoms with van der Waals surface area (Å²) in [4.78, 5) is 16.1. The lowest BCUT2D eigenvalue weighted by Gasteiger charge is -2.40. The maximum Gasteiger partial charge on any atom is 0.243 e. The third-order valence-corrected chi connectivity index (χ3v) is 7.42. The van der Waals surface area contributed by atoms with Crippen LogP contribution < -0.4 is 9.80 Å². The van der Waals surface area contributed by atoms with Crippen molar-refractivity contribution >= 4 is 27.3 Å². The van der Waals surface area contributed by atoms with Gasteiger partial charge in [-0.05, 0) is 49.7 Å². The Labute approximate surface area is 166 Å². The van der Waals surface area contributed by atoms with Crippen LogP contribution in [0.4, 0.5) is 11.4 Å². The SMILES string of the molecule is CC1CN(S(=O)(=O)c2ccc(N3CCCC3=O)cc2)CCN1c1ccccc1. The minimum atomic E-state index is -3.55. The molecule has 1 atom stereocenters. The first-order valence-electron chi connectivity index (χ1n) is 9.69. The van der Waals surface area contributed by atoms with Crippen LogP contribution in [0.5, 0.6) is 0 Å². The van der Waals surface area contributed by atoms with Gasteiger partial charge >= 0.3 is 0 Å². The van der Waals surface area contributed by atoms with Gasteiger partial charge in [-0.25, -0.2) is 8.42 Å². The largest absolute Gasteiger partial charge is 0.366 e. The molecule has 1 amide bonds. The molecular formula is C21H25N3O3S. The molecule has 2 aromatic carbocycles. The second-order valence-corrected chi connectivity index (χ2v) is 9.32. The highest BCUT2D eigenvalue weighted by molar-refractivity contribution is 7.89. The van der Waals surface area contributed by atoms with Gasteiger partial charge in [0.2, 0.25) is 15.9 Å². The molecule has 148 valence electrons. The van der Waals surface area contributed by atoms with Gasteiger partial charge in [0, 0.05) is 50.0 Å². The Bertz CT molecular complexity index is 945. The van der Waals surface area contributed by atoms with Crippen molar-refractivity contribution in [2.45, 2.75) is 30.7 Å². The highest BCUT2D eigenvalue weighted by Crippen LogP contribution is 2.27. The van der Waals surface area contributed by atoms with E-state index in [4.69, 9.17) is 0 Å². The molecule has 0 bridgehead atoms. The number of carbonyl (C=O) groups excluding carboxylic acids is 1. The fraction of sp³-hybridized carbons (Fsp3) is 0.381. The molecule has 2 saturated heterocycles. The van der Waals surface area contributed by atoms with E-state index >= 15 is 0 Å². The number of benzene rings is 2. The van der Waals surface area contributed by atoms with Crippen molar-refractivity contribution in [3.05, 3.63) is 54.6 Å². The van der Waals surface area contributed by atoms with Crippen LogP contribution in [0.15, 0.2) is 59.5 Å². The first-order chi connectivity index (χ1) is 13.5. The summed E-state index contributed by atoms with van der Waals surface area (Å²) in [5, 5.41) is 0. The Balaban J connectivity index is 1.49. The maximum atomic E-state index is 13.1. The molecule has 2 aliphatic heterocycles. The first kappa shape index (κ1) is 19.0. The normalized spacial score (nSPS) is 21.3. The lowest BCUT2D eigenvalue weighted by Crippen LogP contribution is -2.53. The molecule has 2 heterocycles. The van der Waals surface area contributed by atoms with E-state index in [0.29, 0.717) is 32.6 Å². The number of nitrogens with zero attached hydrogens (tertiary/aromatic N) is 3. The molecule has 0 saturated carbocycles. The van der Waals surface area contributed by atoms with Crippen LogP contribution in [0.25, 0.3) is 0 Å². The second-order valence-electron chi connectivity index (χ2n) is 7.38. The first-order valence-corrected chi connectivity index (χ1v) is 11.1. The topological polar surface area (TPSA) is 60.9 Å². The van der Waals surface area contributed by atoms with E-state index in [9.17, 15) is 13.2 Å². The van der Waals surface area contributed by atoms with Crippen molar-refractivity contribution in [3.8, 4) is 0 Å². The molecule has 0 aliphatic carbocycles. The van der Waals surface area contributed by atoms with Gasteiger partial charge in [0.1, 0.15) is 0 Å². The van der Waals surface area contributed by atoms with E-state index in [0.717, 1.165) is 17.8 Å². The van der Waals surface area contributed by atoms with Gasteiger partial charge in [-0.1, -0.05) is 18.2 Å². The Morgan fingerprint density at radius 2 is 1.61 bits per heavy atom. The van der Waals surface area contributed by atoms with E-state index in [2.05, 4.69) is 24.0 Å². The standard InChI is InChI=1S/C21H25N3O3S/c1-17-16-22(14-15-23(17)18-6-3-2-4-7-18)28(26,27)20-11-9-19(10-12-20)24-13-5-8-21(24)25/h2-4,6-7,9-12,17H,5,8,13-16H2,1H3. The molecule has 1 unspecified atom stereocenters. The van der Waals surface area contributed by atoms with Crippen LogP contribution in [-0.4, -0.2) is 50.9 Å². The van der Waals surface area contributed by atoms with Gasteiger partial charge in [-0.15, -0.1) is 0 Å². The molecule has 2 fully saturated rings. The van der Waals surface area contributed by atoms with Crippen molar-refractivity contribution in [3.63, 3.8) is 0 Å². The Morgan fingerprint density at radius 3 is 2.21 bits per heavy atom. The van der Waals surface area contributed by atoms with Crippen molar-refractivity contribution < 1.29 is 13.2 Å². The monoisotopic (exact) mass is 399 g/mol. The molecular weight excluding hydrogens is 374 g/mol. The summed E-state index contributed by atoms with van der Waals surface area (Å²) in [5.74, 6) is 0.0986. The van der Waals surface area contributed by atoms with Crippen LogP contribution in [0.2, 0.25) is 0 Å². The molecule has 0 N–H and O–H groups in total. The number of carbonyl (C=O) groups is 1. The predicted molar refractivity (Wildman–Crippen MR) is 110 cm³/mol. The lowest BCUT2D eigenvalue weighted by atomic mass is 10.2. The van der Waals surface area contributed by atoms with E-state index in [1.807, 2.05) is 18.2 Å². The van der Waals surface area contributed by atoms with Gasteiger partial charge in [0.15, 0.2) is 0 Å². The molecule has 2 aliphatic rings. The molecule has 7 heteroatoms. The molecule has 28 heavy (non-hydrogen) atoms. The maximum absolute atomic E-state index is 13.1. The fourth-order valence-corrected chi connectivity index (χ4v) is 5.53. The fourth-order valence-electron chi connectivity index (χ4n) is 4.01. The minimum absolute atomic E-state index is 0.0902. The number of sulfonamides is 1. The van der Waals surface area contributed by atoms with Crippen molar-refractivity contribution in [2.24, 2.45) is 0 Å². The number of rotatable bonds is 4. The van der Waals surface area contributed by atoms with E-state index in [1.54, 1.807) is 33.5 Å². The predicted octanol–water partition coefficient (Wildman–Crippen LogP) is 2.71. The number of para-hydroxylation sites is 1. The zero-order chi connectivity index (χ0) is 19.7. The van der Waals surface area contributed by atoms with Gasteiger partial charge in [0.05, 0.1) is 4.90 Å². The molecule has 0 aromatic heterocycles. The Morgan fingerprint density at radius 1 is 0.893 bits per heavy atom. The number of amides is 1. The van der Waals surface area contributed by atoms with Crippen LogP contribution in [0.1, 0.15) is 19.8 Å². The van der Waals surface area contributed by atoms with Crippen LogP contribution in [0.3, 0.4) is 0 Å². The van der Waals surface area contributed by atoms with E-state index in [1.165, 1.54) is 0 Å². The summed E-state index contributed by atoms with van der Waals surface area (Å²) in [6.45, 7) is 4.31. The molecule has 4 rings (SSSR count). The van der Waals surface area contributed by atoms with Gasteiger partial charge in [-0.3, -0.25) is 4.79 Å². The summed E-state index contributed by atoms with van der Waals surface area (Å²) in [7, 11) is -3.55. The van der Waals surface area contributed by atoms with Crippen LogP contribution >= 0.6 is 0 Å². The van der Waals surface area contributed by atoms with Gasteiger partial charge in [0.25, 0.3) is 0 Å². The van der Waals surface area contributed by atoms with Crippen LogP contribution in [-0.2, 0) is 14.8 Å². The molecule has 2 aromatic rings. The summed E-state index contributed by atoms with van der Waals surface area (Å²) in [6, 6.07) is 16.9. The highest BCUT2D eigenvalue weighted by Gasteiger charge is 2.32. The summed E-state index contributed by atoms with van der Waals surface area (Å²) < 4.78 is 27.8. The second kappa shape index (κ2) is 7.56. The smallest absolute Gasteiger partial charge is 0.243 e.